The number of rotatable bonds is 8. The molecule has 0 aromatic heterocycles. The Hall–Kier alpha value is -0.170. The maximum atomic E-state index is 11.7. The zero-order chi connectivity index (χ0) is 13.5. The van der Waals surface area contributed by atoms with Gasteiger partial charge < -0.3 is 9.84 Å². The molecule has 1 aliphatic rings. The van der Waals surface area contributed by atoms with Crippen molar-refractivity contribution in [3.63, 3.8) is 0 Å². The molecule has 0 aliphatic heterocycles. The van der Waals surface area contributed by atoms with E-state index < -0.39 is 10.0 Å². The van der Waals surface area contributed by atoms with Gasteiger partial charge in [0.05, 0.1) is 12.4 Å². The lowest BCUT2D eigenvalue weighted by atomic mass is 9.75. The Morgan fingerprint density at radius 2 is 1.94 bits per heavy atom. The van der Waals surface area contributed by atoms with Crippen LogP contribution in [0.3, 0.4) is 0 Å². The highest BCUT2D eigenvalue weighted by Gasteiger charge is 2.32. The highest BCUT2D eigenvalue weighted by molar-refractivity contribution is 7.89. The van der Waals surface area contributed by atoms with Gasteiger partial charge in [-0.3, -0.25) is 0 Å². The molecule has 108 valence electrons. The summed E-state index contributed by atoms with van der Waals surface area (Å²) in [7, 11) is -3.29. The molecule has 5 nitrogen and oxygen atoms in total. The van der Waals surface area contributed by atoms with Gasteiger partial charge in [0.2, 0.25) is 10.0 Å². The predicted molar refractivity (Wildman–Crippen MR) is 70.9 cm³/mol. The zero-order valence-corrected chi connectivity index (χ0v) is 12.0. The Morgan fingerprint density at radius 3 is 2.50 bits per heavy atom. The lowest BCUT2D eigenvalue weighted by Gasteiger charge is -2.35. The monoisotopic (exact) mass is 279 g/mol. The minimum Gasteiger partial charge on any atom is -0.396 e. The third-order valence-corrected chi connectivity index (χ3v) is 4.91. The summed E-state index contributed by atoms with van der Waals surface area (Å²) in [5.74, 6) is -0.0116. The van der Waals surface area contributed by atoms with E-state index in [2.05, 4.69) is 4.72 Å². The minimum absolute atomic E-state index is 0.0116. The van der Waals surface area contributed by atoms with E-state index in [1.807, 2.05) is 6.92 Å². The molecule has 18 heavy (non-hydrogen) atoms. The van der Waals surface area contributed by atoms with E-state index >= 15 is 0 Å². The van der Waals surface area contributed by atoms with Gasteiger partial charge in [0.15, 0.2) is 0 Å². The van der Waals surface area contributed by atoms with Crippen LogP contribution in [0.5, 0.6) is 0 Å². The molecule has 1 rings (SSSR count). The first-order chi connectivity index (χ1) is 8.54. The molecular formula is C12H25NO4S. The highest BCUT2D eigenvalue weighted by atomic mass is 32.2. The number of sulfonamides is 1. The largest absolute Gasteiger partial charge is 0.396 e. The van der Waals surface area contributed by atoms with Gasteiger partial charge in [0.25, 0.3) is 0 Å². The van der Waals surface area contributed by atoms with Crippen LogP contribution in [-0.2, 0) is 14.8 Å². The molecule has 0 unspecified atom stereocenters. The summed E-state index contributed by atoms with van der Waals surface area (Å²) < 4.78 is 31.1. The van der Waals surface area contributed by atoms with Gasteiger partial charge >= 0.3 is 0 Å². The molecule has 2 N–H and O–H groups in total. The van der Waals surface area contributed by atoms with Crippen molar-refractivity contribution in [2.75, 3.05) is 32.1 Å². The van der Waals surface area contributed by atoms with Crippen LogP contribution in [0.25, 0.3) is 0 Å². The Bertz CT molecular complexity index is 323. The van der Waals surface area contributed by atoms with Crippen LogP contribution < -0.4 is 4.72 Å². The number of nitrogens with one attached hydrogen (secondary N) is 1. The average Bonchev–Trinajstić information content (AvgIpc) is 2.38. The van der Waals surface area contributed by atoms with E-state index in [1.54, 1.807) is 0 Å². The summed E-state index contributed by atoms with van der Waals surface area (Å²) in [6.45, 7) is 2.98. The molecule has 0 amide bonds. The topological polar surface area (TPSA) is 75.6 Å². The molecule has 1 fully saturated rings. The van der Waals surface area contributed by atoms with Crippen molar-refractivity contribution in [1.82, 2.24) is 4.72 Å². The molecule has 0 spiro atoms. The van der Waals surface area contributed by atoms with E-state index in [-0.39, 0.29) is 24.4 Å². The van der Waals surface area contributed by atoms with Crippen molar-refractivity contribution < 1.29 is 18.3 Å². The summed E-state index contributed by atoms with van der Waals surface area (Å²) in [4.78, 5) is 0. The van der Waals surface area contributed by atoms with Crippen LogP contribution in [0.2, 0.25) is 0 Å². The number of hydrogen-bond acceptors (Lipinski definition) is 4. The number of aliphatic hydroxyl groups excluding tert-OH is 1. The van der Waals surface area contributed by atoms with Crippen molar-refractivity contribution >= 4 is 10.0 Å². The van der Waals surface area contributed by atoms with Crippen LogP contribution in [0.15, 0.2) is 0 Å². The van der Waals surface area contributed by atoms with Crippen LogP contribution >= 0.6 is 0 Å². The van der Waals surface area contributed by atoms with E-state index in [0.29, 0.717) is 13.2 Å². The van der Waals surface area contributed by atoms with Crippen molar-refractivity contribution in [2.24, 2.45) is 5.41 Å². The second kappa shape index (κ2) is 7.43. The quantitative estimate of drug-likeness (QED) is 0.647. The molecule has 0 aromatic carbocycles. The average molecular weight is 279 g/mol. The van der Waals surface area contributed by atoms with Gasteiger partial charge in [-0.1, -0.05) is 19.3 Å². The van der Waals surface area contributed by atoms with Crippen molar-refractivity contribution in [3.05, 3.63) is 0 Å². The van der Waals surface area contributed by atoms with E-state index in [9.17, 15) is 13.5 Å². The number of aliphatic hydroxyl groups is 1. The molecule has 1 saturated carbocycles. The molecular weight excluding hydrogens is 254 g/mol. The SMILES string of the molecule is CCOCCS(=O)(=O)NCC1(CO)CCCCC1. The van der Waals surface area contributed by atoms with Crippen LogP contribution in [0.4, 0.5) is 0 Å². The van der Waals surface area contributed by atoms with E-state index in [0.717, 1.165) is 25.7 Å². The zero-order valence-electron chi connectivity index (χ0n) is 11.2. The van der Waals surface area contributed by atoms with Gasteiger partial charge in [-0.15, -0.1) is 0 Å². The van der Waals surface area contributed by atoms with Gasteiger partial charge in [-0.2, -0.15) is 0 Å². The Labute approximate surface area is 110 Å². The van der Waals surface area contributed by atoms with Crippen LogP contribution in [0, 0.1) is 5.41 Å². The maximum Gasteiger partial charge on any atom is 0.213 e. The highest BCUT2D eigenvalue weighted by Crippen LogP contribution is 2.35. The molecule has 0 heterocycles. The molecule has 0 atom stereocenters. The Balaban J connectivity index is 2.41. The van der Waals surface area contributed by atoms with E-state index in [4.69, 9.17) is 4.74 Å². The van der Waals surface area contributed by atoms with Gasteiger partial charge in [-0.25, -0.2) is 13.1 Å². The molecule has 1 aliphatic carbocycles. The lowest BCUT2D eigenvalue weighted by molar-refractivity contribution is 0.0866. The van der Waals surface area contributed by atoms with Crippen LogP contribution in [-0.4, -0.2) is 45.6 Å². The first-order valence-corrected chi connectivity index (χ1v) is 8.35. The maximum absolute atomic E-state index is 11.7. The van der Waals surface area contributed by atoms with Gasteiger partial charge in [-0.05, 0) is 19.8 Å². The lowest BCUT2D eigenvalue weighted by Crippen LogP contribution is -2.42. The standard InChI is InChI=1S/C12H25NO4S/c1-2-17-8-9-18(15,16)13-10-12(11-14)6-4-3-5-7-12/h13-14H,2-11H2,1H3. The third kappa shape index (κ3) is 5.22. The Morgan fingerprint density at radius 1 is 1.28 bits per heavy atom. The summed E-state index contributed by atoms with van der Waals surface area (Å²) >= 11 is 0. The second-order valence-electron chi connectivity index (χ2n) is 5.06. The van der Waals surface area contributed by atoms with Crippen molar-refractivity contribution in [3.8, 4) is 0 Å². The first kappa shape index (κ1) is 15.9. The summed E-state index contributed by atoms with van der Waals surface area (Å²) in [5.41, 5.74) is -0.253. The molecule has 0 saturated heterocycles. The summed E-state index contributed by atoms with van der Waals surface area (Å²) in [6.07, 6.45) is 5.12. The first-order valence-electron chi connectivity index (χ1n) is 6.69. The third-order valence-electron chi connectivity index (χ3n) is 3.62. The number of hydrogen-bond donors (Lipinski definition) is 2. The summed E-state index contributed by atoms with van der Waals surface area (Å²) in [5, 5.41) is 9.49. The fourth-order valence-corrected chi connectivity index (χ4v) is 3.35. The van der Waals surface area contributed by atoms with Crippen molar-refractivity contribution in [2.45, 2.75) is 39.0 Å². The fourth-order valence-electron chi connectivity index (χ4n) is 2.34. The molecule has 0 aromatic rings. The normalized spacial score (nSPS) is 19.9. The second-order valence-corrected chi connectivity index (χ2v) is 6.98. The molecule has 6 heteroatoms. The van der Waals surface area contributed by atoms with E-state index in [1.165, 1.54) is 6.42 Å². The summed E-state index contributed by atoms with van der Waals surface area (Å²) in [6, 6.07) is 0. The molecule has 0 bridgehead atoms. The van der Waals surface area contributed by atoms with Gasteiger partial charge in [0.1, 0.15) is 0 Å². The number of ether oxygens (including phenoxy) is 1. The minimum atomic E-state index is -3.29. The van der Waals surface area contributed by atoms with Gasteiger partial charge in [0, 0.05) is 25.2 Å². The van der Waals surface area contributed by atoms with Crippen molar-refractivity contribution in [1.29, 1.82) is 0 Å². The smallest absolute Gasteiger partial charge is 0.213 e. The fraction of sp³-hybridized carbons (Fsp3) is 1.00. The predicted octanol–water partition coefficient (Wildman–Crippen LogP) is 0.885. The Kier molecular flexibility index (Phi) is 6.55. The van der Waals surface area contributed by atoms with Crippen LogP contribution in [0.1, 0.15) is 39.0 Å². The molecule has 0 radical (unpaired) electrons.